The van der Waals surface area contributed by atoms with Crippen LogP contribution in [0.25, 0.3) is 0 Å². The summed E-state index contributed by atoms with van der Waals surface area (Å²) in [5, 5.41) is -0.241. The fraction of sp³-hybridized carbons (Fsp3) is 1.00. The molecule has 1 aliphatic carbocycles. The number of hydrazine groups is 1. The third-order valence-electron chi connectivity index (χ3n) is 4.50. The van der Waals surface area contributed by atoms with Gasteiger partial charge in [0.25, 0.3) is 0 Å². The zero-order chi connectivity index (χ0) is 16.3. The summed E-state index contributed by atoms with van der Waals surface area (Å²) in [4.78, 5) is 0. The molecule has 6 heteroatoms. The first-order valence-corrected chi connectivity index (χ1v) is 9.83. The molecule has 0 saturated heterocycles. The van der Waals surface area contributed by atoms with Crippen molar-refractivity contribution < 1.29 is 13.2 Å². The van der Waals surface area contributed by atoms with Gasteiger partial charge >= 0.3 is 0 Å². The molecule has 3 N–H and O–H groups in total. The lowest BCUT2D eigenvalue weighted by Crippen LogP contribution is -2.55. The average molecular weight is 320 g/mol. The van der Waals surface area contributed by atoms with Crippen LogP contribution in [0, 0.1) is 11.3 Å². The molecule has 0 spiro atoms. The van der Waals surface area contributed by atoms with Crippen molar-refractivity contribution in [2.45, 2.75) is 70.8 Å². The Balaban J connectivity index is 2.92. The monoisotopic (exact) mass is 320 g/mol. The highest BCUT2D eigenvalue weighted by Crippen LogP contribution is 2.36. The first kappa shape index (κ1) is 18.9. The van der Waals surface area contributed by atoms with Gasteiger partial charge in [-0.15, -0.1) is 0 Å². The first-order chi connectivity index (χ1) is 9.61. The van der Waals surface area contributed by atoms with E-state index in [-0.39, 0.29) is 28.7 Å². The fourth-order valence-corrected chi connectivity index (χ4v) is 4.63. The van der Waals surface area contributed by atoms with Gasteiger partial charge < -0.3 is 4.74 Å². The summed E-state index contributed by atoms with van der Waals surface area (Å²) in [6, 6.07) is -0.0190. The molecule has 1 fully saturated rings. The Morgan fingerprint density at radius 2 is 1.95 bits per heavy atom. The van der Waals surface area contributed by atoms with Crippen molar-refractivity contribution in [1.29, 1.82) is 0 Å². The molecule has 0 bridgehead atoms. The molecule has 0 heterocycles. The Kier molecular flexibility index (Phi) is 6.65. The van der Waals surface area contributed by atoms with Gasteiger partial charge in [-0.2, -0.15) is 0 Å². The van der Waals surface area contributed by atoms with Crippen molar-refractivity contribution in [1.82, 2.24) is 5.43 Å². The molecule has 4 atom stereocenters. The van der Waals surface area contributed by atoms with Crippen LogP contribution >= 0.6 is 0 Å². The molecular weight excluding hydrogens is 288 g/mol. The minimum absolute atomic E-state index is 0.0190. The van der Waals surface area contributed by atoms with E-state index in [9.17, 15) is 8.42 Å². The number of hydrogen-bond acceptors (Lipinski definition) is 5. The molecule has 0 aromatic rings. The zero-order valence-electron chi connectivity index (χ0n) is 14.1. The van der Waals surface area contributed by atoms with Crippen LogP contribution in [-0.2, 0) is 14.6 Å². The Morgan fingerprint density at radius 1 is 1.33 bits per heavy atom. The Labute approximate surface area is 129 Å². The summed E-state index contributed by atoms with van der Waals surface area (Å²) in [6.07, 6.45) is 4.68. The van der Waals surface area contributed by atoms with Gasteiger partial charge in [0.2, 0.25) is 0 Å². The fourth-order valence-electron chi connectivity index (χ4n) is 3.44. The lowest BCUT2D eigenvalue weighted by Gasteiger charge is -2.42. The van der Waals surface area contributed by atoms with Gasteiger partial charge in [-0.3, -0.25) is 11.3 Å². The molecule has 0 amide bonds. The first-order valence-electron chi connectivity index (χ1n) is 7.87. The molecule has 21 heavy (non-hydrogen) atoms. The maximum Gasteiger partial charge on any atom is 0.150 e. The van der Waals surface area contributed by atoms with Crippen molar-refractivity contribution in [2.75, 3.05) is 12.9 Å². The molecular formula is C15H32N2O3S. The SMILES string of the molecule is CCOC(C(NN)C1CCCC(S(C)(=O)=O)C1)C(C)(C)C. The van der Waals surface area contributed by atoms with E-state index >= 15 is 0 Å². The van der Waals surface area contributed by atoms with Gasteiger partial charge in [0.15, 0.2) is 0 Å². The Morgan fingerprint density at radius 3 is 2.38 bits per heavy atom. The topological polar surface area (TPSA) is 81.4 Å². The minimum atomic E-state index is -2.98. The van der Waals surface area contributed by atoms with Crippen LogP contribution in [0.5, 0.6) is 0 Å². The number of ether oxygens (including phenoxy) is 1. The van der Waals surface area contributed by atoms with Crippen LogP contribution in [0.2, 0.25) is 0 Å². The highest BCUT2D eigenvalue weighted by Gasteiger charge is 2.40. The van der Waals surface area contributed by atoms with Crippen molar-refractivity contribution in [3.8, 4) is 0 Å². The summed E-state index contributed by atoms with van der Waals surface area (Å²) >= 11 is 0. The number of hydrogen-bond donors (Lipinski definition) is 2. The second-order valence-electron chi connectivity index (χ2n) is 7.31. The molecule has 4 unspecified atom stereocenters. The van der Waals surface area contributed by atoms with E-state index in [4.69, 9.17) is 10.6 Å². The second kappa shape index (κ2) is 7.40. The molecule has 126 valence electrons. The lowest BCUT2D eigenvalue weighted by atomic mass is 9.75. The standard InChI is InChI=1S/C15H32N2O3S/c1-6-20-14(15(2,3)4)13(17-16)11-8-7-9-12(10-11)21(5,18)19/h11-14,17H,6-10,16H2,1-5H3. The summed E-state index contributed by atoms with van der Waals surface area (Å²) in [5.41, 5.74) is 2.86. The Hall–Kier alpha value is -0.170. The van der Waals surface area contributed by atoms with Crippen LogP contribution < -0.4 is 11.3 Å². The van der Waals surface area contributed by atoms with E-state index in [1.54, 1.807) is 0 Å². The molecule has 0 aromatic carbocycles. The number of rotatable bonds is 6. The van der Waals surface area contributed by atoms with Crippen molar-refractivity contribution in [3.63, 3.8) is 0 Å². The largest absolute Gasteiger partial charge is 0.376 e. The smallest absolute Gasteiger partial charge is 0.150 e. The van der Waals surface area contributed by atoms with E-state index < -0.39 is 9.84 Å². The highest BCUT2D eigenvalue weighted by atomic mass is 32.2. The maximum atomic E-state index is 11.9. The minimum Gasteiger partial charge on any atom is -0.376 e. The van der Waals surface area contributed by atoms with E-state index in [1.807, 2.05) is 6.92 Å². The number of nitrogens with two attached hydrogens (primary N) is 1. The molecule has 5 nitrogen and oxygen atoms in total. The third-order valence-corrected chi connectivity index (χ3v) is 6.14. The highest BCUT2D eigenvalue weighted by molar-refractivity contribution is 7.91. The average Bonchev–Trinajstić information content (AvgIpc) is 2.37. The lowest BCUT2D eigenvalue weighted by molar-refractivity contribution is -0.0525. The van der Waals surface area contributed by atoms with Gasteiger partial charge in [-0.1, -0.05) is 27.2 Å². The Bertz CT molecular complexity index is 417. The molecule has 0 aliphatic heterocycles. The predicted octanol–water partition coefficient (Wildman–Crippen LogP) is 1.87. The van der Waals surface area contributed by atoms with Gasteiger partial charge in [-0.25, -0.2) is 8.42 Å². The molecule has 1 saturated carbocycles. The number of nitrogens with one attached hydrogen (secondary N) is 1. The zero-order valence-corrected chi connectivity index (χ0v) is 14.9. The van der Waals surface area contributed by atoms with Crippen molar-refractivity contribution in [2.24, 2.45) is 17.2 Å². The summed E-state index contributed by atoms with van der Waals surface area (Å²) < 4.78 is 29.6. The van der Waals surface area contributed by atoms with E-state index in [0.717, 1.165) is 19.3 Å². The quantitative estimate of drug-likeness (QED) is 0.577. The summed E-state index contributed by atoms with van der Waals surface area (Å²) in [7, 11) is -2.98. The van der Waals surface area contributed by atoms with E-state index in [2.05, 4.69) is 26.2 Å². The molecule has 1 rings (SSSR count). The second-order valence-corrected chi connectivity index (χ2v) is 9.64. The summed E-state index contributed by atoms with van der Waals surface area (Å²) in [5.74, 6) is 6.04. The molecule has 0 aromatic heterocycles. The van der Waals surface area contributed by atoms with Crippen LogP contribution in [0.3, 0.4) is 0 Å². The predicted molar refractivity (Wildman–Crippen MR) is 86.6 cm³/mol. The van der Waals surface area contributed by atoms with Gasteiger partial charge in [0, 0.05) is 12.9 Å². The maximum absolute atomic E-state index is 11.9. The van der Waals surface area contributed by atoms with Gasteiger partial charge in [0.1, 0.15) is 9.84 Å². The van der Waals surface area contributed by atoms with Crippen LogP contribution in [-0.4, -0.2) is 38.7 Å². The molecule has 1 aliphatic rings. The molecule has 0 radical (unpaired) electrons. The third kappa shape index (κ3) is 5.20. The van der Waals surface area contributed by atoms with Gasteiger partial charge in [0.05, 0.1) is 17.4 Å². The number of sulfone groups is 1. The van der Waals surface area contributed by atoms with Crippen LogP contribution in [0.1, 0.15) is 53.4 Å². The normalized spacial score (nSPS) is 27.3. The van der Waals surface area contributed by atoms with Crippen LogP contribution in [0.15, 0.2) is 0 Å². The van der Waals surface area contributed by atoms with E-state index in [1.165, 1.54) is 6.26 Å². The van der Waals surface area contributed by atoms with Gasteiger partial charge in [-0.05, 0) is 37.5 Å². The van der Waals surface area contributed by atoms with Crippen molar-refractivity contribution >= 4 is 9.84 Å². The van der Waals surface area contributed by atoms with Crippen LogP contribution in [0.4, 0.5) is 0 Å². The van der Waals surface area contributed by atoms with E-state index in [0.29, 0.717) is 13.0 Å². The van der Waals surface area contributed by atoms with Crippen molar-refractivity contribution in [3.05, 3.63) is 0 Å². The summed E-state index contributed by atoms with van der Waals surface area (Å²) in [6.45, 7) is 9.01.